The van der Waals surface area contributed by atoms with Crippen molar-refractivity contribution in [3.05, 3.63) is 35.4 Å². The molecule has 0 N–H and O–H groups in total. The molecule has 1 saturated carbocycles. The number of halogens is 3. The van der Waals surface area contributed by atoms with E-state index in [4.69, 9.17) is 0 Å². The molecule has 17 heavy (non-hydrogen) atoms. The highest BCUT2D eigenvalue weighted by Gasteiger charge is 2.38. The summed E-state index contributed by atoms with van der Waals surface area (Å²) in [4.78, 5) is 12.0. The number of carbonyl (C=O) groups is 1. The van der Waals surface area contributed by atoms with Crippen LogP contribution < -0.4 is 0 Å². The minimum Gasteiger partial charge on any atom is -0.294 e. The van der Waals surface area contributed by atoms with Gasteiger partial charge < -0.3 is 0 Å². The minimum atomic E-state index is -4.46. The number of hydrogen-bond donors (Lipinski definition) is 0. The Hall–Kier alpha value is -1.32. The number of benzene rings is 1. The molecule has 0 spiro atoms. The van der Waals surface area contributed by atoms with Crippen molar-refractivity contribution in [2.24, 2.45) is 11.8 Å². The van der Waals surface area contributed by atoms with Crippen LogP contribution in [0.5, 0.6) is 0 Å². The lowest BCUT2D eigenvalue weighted by molar-refractivity contribution is -0.137. The van der Waals surface area contributed by atoms with E-state index in [1.54, 1.807) is 6.92 Å². The molecule has 0 bridgehead atoms. The zero-order valence-corrected chi connectivity index (χ0v) is 9.42. The quantitative estimate of drug-likeness (QED) is 0.734. The molecule has 0 heterocycles. The van der Waals surface area contributed by atoms with E-state index in [1.807, 2.05) is 0 Å². The molecule has 4 heteroatoms. The van der Waals surface area contributed by atoms with E-state index in [-0.39, 0.29) is 23.2 Å². The van der Waals surface area contributed by atoms with E-state index in [2.05, 4.69) is 0 Å². The van der Waals surface area contributed by atoms with E-state index < -0.39 is 11.7 Å². The van der Waals surface area contributed by atoms with E-state index in [1.165, 1.54) is 18.2 Å². The van der Waals surface area contributed by atoms with Gasteiger partial charge in [0.15, 0.2) is 5.78 Å². The van der Waals surface area contributed by atoms with Gasteiger partial charge in [-0.05, 0) is 24.8 Å². The third-order valence-corrected chi connectivity index (χ3v) is 3.24. The monoisotopic (exact) mass is 242 g/mol. The summed E-state index contributed by atoms with van der Waals surface area (Å²) < 4.78 is 38.2. The lowest BCUT2D eigenvalue weighted by atomic mass is 9.92. The molecule has 1 aliphatic carbocycles. The van der Waals surface area contributed by atoms with Crippen molar-refractivity contribution in [3.63, 3.8) is 0 Å². The second kappa shape index (κ2) is 4.17. The van der Waals surface area contributed by atoms with Gasteiger partial charge in [0.1, 0.15) is 0 Å². The van der Waals surface area contributed by atoms with Crippen LogP contribution in [0.15, 0.2) is 24.3 Å². The number of rotatable bonds is 3. The van der Waals surface area contributed by atoms with Gasteiger partial charge in [0.25, 0.3) is 0 Å². The molecule has 2 rings (SSSR count). The number of Topliss-reactive ketones (excluding diaryl/α,β-unsaturated/α-hetero) is 1. The number of alkyl halides is 3. The Morgan fingerprint density at radius 3 is 2.41 bits per heavy atom. The van der Waals surface area contributed by atoms with Gasteiger partial charge in [0.2, 0.25) is 0 Å². The Bertz CT molecular complexity index is 433. The first-order chi connectivity index (χ1) is 7.91. The SMILES string of the molecule is CC(C(=O)c1ccccc1C(F)(F)F)C1CC1. The molecular formula is C13H13F3O. The Kier molecular flexibility index (Phi) is 2.98. The molecular weight excluding hydrogens is 229 g/mol. The predicted octanol–water partition coefficient (Wildman–Crippen LogP) is 3.93. The third kappa shape index (κ3) is 2.51. The highest BCUT2D eigenvalue weighted by Crippen LogP contribution is 2.40. The molecule has 0 radical (unpaired) electrons. The fraction of sp³-hybridized carbons (Fsp3) is 0.462. The topological polar surface area (TPSA) is 17.1 Å². The highest BCUT2D eigenvalue weighted by atomic mass is 19.4. The van der Waals surface area contributed by atoms with Crippen LogP contribution >= 0.6 is 0 Å². The van der Waals surface area contributed by atoms with Gasteiger partial charge in [-0.1, -0.05) is 25.1 Å². The van der Waals surface area contributed by atoms with Crippen molar-refractivity contribution in [1.29, 1.82) is 0 Å². The van der Waals surface area contributed by atoms with Crippen LogP contribution in [-0.4, -0.2) is 5.78 Å². The largest absolute Gasteiger partial charge is 0.417 e. The molecule has 0 aromatic heterocycles. The third-order valence-electron chi connectivity index (χ3n) is 3.24. The Labute approximate surface area is 97.6 Å². The zero-order valence-electron chi connectivity index (χ0n) is 9.42. The average molecular weight is 242 g/mol. The highest BCUT2D eigenvalue weighted by molar-refractivity contribution is 5.99. The first kappa shape index (κ1) is 12.1. The average Bonchev–Trinajstić information content (AvgIpc) is 3.10. The summed E-state index contributed by atoms with van der Waals surface area (Å²) in [7, 11) is 0. The van der Waals surface area contributed by atoms with Crippen LogP contribution in [-0.2, 0) is 6.18 Å². The molecule has 1 fully saturated rings. The summed E-state index contributed by atoms with van der Waals surface area (Å²) in [5.74, 6) is -0.428. The van der Waals surface area contributed by atoms with Crippen LogP contribution in [0, 0.1) is 11.8 Å². The van der Waals surface area contributed by atoms with Crippen molar-refractivity contribution in [2.75, 3.05) is 0 Å². The van der Waals surface area contributed by atoms with Gasteiger partial charge in [-0.15, -0.1) is 0 Å². The van der Waals surface area contributed by atoms with Crippen molar-refractivity contribution in [1.82, 2.24) is 0 Å². The van der Waals surface area contributed by atoms with Crippen molar-refractivity contribution in [2.45, 2.75) is 25.9 Å². The summed E-state index contributed by atoms with van der Waals surface area (Å²) >= 11 is 0. The second-order valence-electron chi connectivity index (χ2n) is 4.53. The lowest BCUT2D eigenvalue weighted by Gasteiger charge is -2.14. The smallest absolute Gasteiger partial charge is 0.294 e. The van der Waals surface area contributed by atoms with Gasteiger partial charge in [0.05, 0.1) is 5.56 Å². The predicted molar refractivity (Wildman–Crippen MR) is 57.7 cm³/mol. The maximum absolute atomic E-state index is 12.7. The number of hydrogen-bond acceptors (Lipinski definition) is 1. The standard InChI is InChI=1S/C13H13F3O/c1-8(9-6-7-9)12(17)10-4-2-3-5-11(10)13(14,15)16/h2-5,8-9H,6-7H2,1H3. The van der Waals surface area contributed by atoms with Gasteiger partial charge in [-0.25, -0.2) is 0 Å². The maximum Gasteiger partial charge on any atom is 0.417 e. The van der Waals surface area contributed by atoms with Crippen LogP contribution in [0.3, 0.4) is 0 Å². The Morgan fingerprint density at radius 1 is 1.29 bits per heavy atom. The molecule has 0 aliphatic heterocycles. The van der Waals surface area contributed by atoms with E-state index >= 15 is 0 Å². The molecule has 1 aromatic carbocycles. The second-order valence-corrected chi connectivity index (χ2v) is 4.53. The molecule has 1 aliphatic rings. The number of ketones is 1. The Balaban J connectivity index is 2.34. The normalized spacial score (nSPS) is 17.9. The van der Waals surface area contributed by atoms with Gasteiger partial charge in [-0.3, -0.25) is 4.79 Å². The summed E-state index contributed by atoms with van der Waals surface area (Å²) in [6.45, 7) is 1.72. The van der Waals surface area contributed by atoms with Crippen LogP contribution in [0.2, 0.25) is 0 Å². The van der Waals surface area contributed by atoms with Crippen LogP contribution in [0.25, 0.3) is 0 Å². The Morgan fingerprint density at radius 2 is 1.88 bits per heavy atom. The maximum atomic E-state index is 12.7. The molecule has 92 valence electrons. The summed E-state index contributed by atoms with van der Waals surface area (Å²) in [5.41, 5.74) is -1.02. The molecule has 1 aromatic rings. The van der Waals surface area contributed by atoms with E-state index in [0.717, 1.165) is 18.9 Å². The van der Waals surface area contributed by atoms with Gasteiger partial charge in [-0.2, -0.15) is 13.2 Å². The molecule has 1 unspecified atom stereocenters. The van der Waals surface area contributed by atoms with Gasteiger partial charge in [0, 0.05) is 11.5 Å². The fourth-order valence-corrected chi connectivity index (χ4v) is 2.00. The first-order valence-corrected chi connectivity index (χ1v) is 5.61. The lowest BCUT2D eigenvalue weighted by Crippen LogP contribution is -2.19. The zero-order chi connectivity index (χ0) is 12.6. The first-order valence-electron chi connectivity index (χ1n) is 5.61. The molecule has 1 nitrogen and oxygen atoms in total. The number of carbonyl (C=O) groups excluding carboxylic acids is 1. The van der Waals surface area contributed by atoms with E-state index in [9.17, 15) is 18.0 Å². The summed E-state index contributed by atoms with van der Waals surface area (Å²) in [6.07, 6.45) is -2.57. The summed E-state index contributed by atoms with van der Waals surface area (Å²) in [5, 5.41) is 0. The summed E-state index contributed by atoms with van der Waals surface area (Å²) in [6, 6.07) is 5.01. The molecule has 0 amide bonds. The van der Waals surface area contributed by atoms with E-state index in [0.29, 0.717) is 0 Å². The fourth-order valence-electron chi connectivity index (χ4n) is 2.00. The molecule has 0 saturated heterocycles. The molecule has 1 atom stereocenters. The van der Waals surface area contributed by atoms with Crippen LogP contribution in [0.1, 0.15) is 35.7 Å². The van der Waals surface area contributed by atoms with Crippen molar-refractivity contribution < 1.29 is 18.0 Å². The van der Waals surface area contributed by atoms with Gasteiger partial charge >= 0.3 is 6.18 Å². The van der Waals surface area contributed by atoms with Crippen molar-refractivity contribution in [3.8, 4) is 0 Å². The minimum absolute atomic E-state index is 0.195. The van der Waals surface area contributed by atoms with Crippen molar-refractivity contribution >= 4 is 5.78 Å². The van der Waals surface area contributed by atoms with Crippen LogP contribution in [0.4, 0.5) is 13.2 Å².